The largest absolute Gasteiger partial charge is 0.341 e. The van der Waals surface area contributed by atoms with Gasteiger partial charge in [-0.2, -0.15) is 0 Å². The summed E-state index contributed by atoms with van der Waals surface area (Å²) in [6.45, 7) is 4.92. The normalized spacial score (nSPS) is 26.4. The van der Waals surface area contributed by atoms with Gasteiger partial charge in [0.2, 0.25) is 11.8 Å². The number of hydrogen-bond acceptors (Lipinski definition) is 2. The number of aryl methyl sites for hydroxylation is 1. The van der Waals surface area contributed by atoms with E-state index in [-0.39, 0.29) is 23.1 Å². The zero-order valence-corrected chi connectivity index (χ0v) is 14.9. The molecule has 1 aliphatic carbocycles. The summed E-state index contributed by atoms with van der Waals surface area (Å²) in [7, 11) is 0. The van der Waals surface area contributed by atoms with Crippen molar-refractivity contribution in [3.05, 3.63) is 47.5 Å². The fraction of sp³-hybridized carbons (Fsp3) is 0.524. The highest BCUT2D eigenvalue weighted by Gasteiger charge is 2.51. The Morgan fingerprint density at radius 3 is 2.72 bits per heavy atom. The van der Waals surface area contributed by atoms with E-state index in [0.29, 0.717) is 13.1 Å². The number of carbonyl (C=O) groups is 2. The molecule has 3 aliphatic rings. The molecule has 132 valence electrons. The van der Waals surface area contributed by atoms with Gasteiger partial charge in [-0.15, -0.1) is 0 Å². The van der Waals surface area contributed by atoms with Gasteiger partial charge in [0.15, 0.2) is 0 Å². The van der Waals surface area contributed by atoms with E-state index in [1.807, 2.05) is 15.9 Å². The molecule has 0 N–H and O–H groups in total. The average Bonchev–Trinajstić information content (AvgIpc) is 3.33. The lowest BCUT2D eigenvalue weighted by Crippen LogP contribution is -2.39. The Morgan fingerprint density at radius 1 is 1.20 bits per heavy atom. The molecule has 0 bridgehead atoms. The minimum atomic E-state index is -0.328. The van der Waals surface area contributed by atoms with Crippen molar-refractivity contribution >= 4 is 11.8 Å². The van der Waals surface area contributed by atoms with Crippen molar-refractivity contribution in [2.24, 2.45) is 11.3 Å². The van der Waals surface area contributed by atoms with Gasteiger partial charge in [-0.05, 0) is 38.2 Å². The van der Waals surface area contributed by atoms with E-state index < -0.39 is 0 Å². The summed E-state index contributed by atoms with van der Waals surface area (Å²) in [6.07, 6.45) is 7.61. The van der Waals surface area contributed by atoms with Gasteiger partial charge in [0.25, 0.3) is 0 Å². The van der Waals surface area contributed by atoms with Crippen molar-refractivity contribution in [1.82, 2.24) is 9.80 Å². The van der Waals surface area contributed by atoms with Crippen LogP contribution in [0.3, 0.4) is 0 Å². The molecule has 1 aromatic rings. The molecule has 4 heteroatoms. The second-order valence-corrected chi connectivity index (χ2v) is 7.90. The summed E-state index contributed by atoms with van der Waals surface area (Å²) < 4.78 is 0. The van der Waals surface area contributed by atoms with Crippen LogP contribution < -0.4 is 0 Å². The standard InChI is InChI=1S/C21H26N2O2/c1-16-5-4-6-17(13-16)14-22-11-9-21(20(22)25)10-12-23(15-21)19(24)18-7-2-3-8-18/h2-6,13,18H,7-12,14-15H2,1H3/t21-/m1/s1. The van der Waals surface area contributed by atoms with Crippen molar-refractivity contribution in [2.75, 3.05) is 19.6 Å². The molecule has 0 radical (unpaired) electrons. The number of nitrogens with zero attached hydrogens (tertiary/aromatic N) is 2. The zero-order valence-electron chi connectivity index (χ0n) is 14.9. The lowest BCUT2D eigenvalue weighted by atomic mass is 9.85. The van der Waals surface area contributed by atoms with Crippen LogP contribution >= 0.6 is 0 Å². The molecule has 0 saturated carbocycles. The molecule has 2 saturated heterocycles. The molecule has 1 spiro atoms. The van der Waals surface area contributed by atoms with Gasteiger partial charge in [-0.25, -0.2) is 0 Å². The van der Waals surface area contributed by atoms with Crippen LogP contribution in [-0.4, -0.2) is 41.2 Å². The second-order valence-electron chi connectivity index (χ2n) is 7.90. The number of likely N-dealkylation sites (tertiary alicyclic amines) is 2. The van der Waals surface area contributed by atoms with Crippen molar-refractivity contribution in [2.45, 2.75) is 39.2 Å². The van der Waals surface area contributed by atoms with Crippen LogP contribution in [0.4, 0.5) is 0 Å². The molecule has 4 nitrogen and oxygen atoms in total. The van der Waals surface area contributed by atoms with Crippen LogP contribution in [0.5, 0.6) is 0 Å². The first-order valence-corrected chi connectivity index (χ1v) is 9.36. The summed E-state index contributed by atoms with van der Waals surface area (Å²) >= 11 is 0. The van der Waals surface area contributed by atoms with E-state index in [1.54, 1.807) is 0 Å². The first-order valence-electron chi connectivity index (χ1n) is 9.36. The Kier molecular flexibility index (Phi) is 4.14. The van der Waals surface area contributed by atoms with Gasteiger partial charge in [-0.1, -0.05) is 42.0 Å². The summed E-state index contributed by atoms with van der Waals surface area (Å²) in [4.78, 5) is 29.7. The quantitative estimate of drug-likeness (QED) is 0.795. The number of carbonyl (C=O) groups excluding carboxylic acids is 2. The third-order valence-electron chi connectivity index (χ3n) is 6.08. The molecule has 0 aromatic heterocycles. The van der Waals surface area contributed by atoms with Gasteiger partial charge in [0.1, 0.15) is 0 Å². The van der Waals surface area contributed by atoms with E-state index in [4.69, 9.17) is 0 Å². The molecule has 2 amide bonds. The number of benzene rings is 1. The summed E-state index contributed by atoms with van der Waals surface area (Å²) in [6, 6.07) is 8.36. The lowest BCUT2D eigenvalue weighted by Gasteiger charge is -2.25. The van der Waals surface area contributed by atoms with Crippen LogP contribution in [0, 0.1) is 18.3 Å². The number of hydrogen-bond donors (Lipinski definition) is 0. The Bertz CT molecular complexity index is 718. The Labute approximate surface area is 149 Å². The van der Waals surface area contributed by atoms with Gasteiger partial charge < -0.3 is 9.80 Å². The Balaban J connectivity index is 1.42. The molecular formula is C21H26N2O2. The molecule has 1 aromatic carbocycles. The SMILES string of the molecule is Cc1cccc(CN2CC[C@]3(CCN(C(=O)C4CC=CC4)C3)C2=O)c1. The van der Waals surface area contributed by atoms with Gasteiger partial charge in [0.05, 0.1) is 5.41 Å². The first kappa shape index (κ1) is 16.4. The van der Waals surface area contributed by atoms with Gasteiger partial charge >= 0.3 is 0 Å². The summed E-state index contributed by atoms with van der Waals surface area (Å²) in [5.41, 5.74) is 2.08. The fourth-order valence-corrected chi connectivity index (χ4v) is 4.59. The van der Waals surface area contributed by atoms with Crippen LogP contribution in [0.1, 0.15) is 36.8 Å². The predicted octanol–water partition coefficient (Wildman–Crippen LogP) is 2.91. The fourth-order valence-electron chi connectivity index (χ4n) is 4.59. The topological polar surface area (TPSA) is 40.6 Å². The zero-order chi connectivity index (χ0) is 17.4. The highest BCUT2D eigenvalue weighted by molar-refractivity contribution is 5.87. The first-order chi connectivity index (χ1) is 12.1. The lowest BCUT2D eigenvalue weighted by molar-refractivity contribution is -0.138. The van der Waals surface area contributed by atoms with Crippen molar-refractivity contribution < 1.29 is 9.59 Å². The van der Waals surface area contributed by atoms with Crippen LogP contribution in [-0.2, 0) is 16.1 Å². The van der Waals surface area contributed by atoms with Crippen LogP contribution in [0.15, 0.2) is 36.4 Å². The van der Waals surface area contributed by atoms with Gasteiger partial charge in [0, 0.05) is 32.1 Å². The third kappa shape index (κ3) is 2.99. The minimum Gasteiger partial charge on any atom is -0.341 e. The molecule has 2 aliphatic heterocycles. The van der Waals surface area contributed by atoms with E-state index in [0.717, 1.165) is 38.8 Å². The molecule has 25 heavy (non-hydrogen) atoms. The van der Waals surface area contributed by atoms with E-state index in [9.17, 15) is 9.59 Å². The predicted molar refractivity (Wildman–Crippen MR) is 96.7 cm³/mol. The smallest absolute Gasteiger partial charge is 0.231 e. The van der Waals surface area contributed by atoms with Crippen molar-refractivity contribution in [1.29, 1.82) is 0 Å². The van der Waals surface area contributed by atoms with Crippen LogP contribution in [0.2, 0.25) is 0 Å². The summed E-state index contributed by atoms with van der Waals surface area (Å²) in [5.74, 6) is 0.593. The monoisotopic (exact) mass is 338 g/mol. The highest BCUT2D eigenvalue weighted by Crippen LogP contribution is 2.42. The molecule has 1 atom stereocenters. The third-order valence-corrected chi connectivity index (χ3v) is 6.08. The van der Waals surface area contributed by atoms with E-state index in [1.165, 1.54) is 11.1 Å². The summed E-state index contributed by atoms with van der Waals surface area (Å²) in [5, 5.41) is 0. The maximum absolute atomic E-state index is 13.1. The average molecular weight is 338 g/mol. The van der Waals surface area contributed by atoms with Crippen LogP contribution in [0.25, 0.3) is 0 Å². The van der Waals surface area contributed by atoms with E-state index >= 15 is 0 Å². The minimum absolute atomic E-state index is 0.107. The maximum atomic E-state index is 13.1. The maximum Gasteiger partial charge on any atom is 0.231 e. The highest BCUT2D eigenvalue weighted by atomic mass is 16.2. The number of allylic oxidation sites excluding steroid dienone is 2. The van der Waals surface area contributed by atoms with Crippen molar-refractivity contribution in [3.63, 3.8) is 0 Å². The van der Waals surface area contributed by atoms with E-state index in [2.05, 4.69) is 37.3 Å². The van der Waals surface area contributed by atoms with Crippen molar-refractivity contribution in [3.8, 4) is 0 Å². The number of amides is 2. The molecule has 2 heterocycles. The second kappa shape index (κ2) is 6.32. The molecule has 4 rings (SSSR count). The number of rotatable bonds is 3. The molecular weight excluding hydrogens is 312 g/mol. The Hall–Kier alpha value is -2.10. The molecule has 2 fully saturated rings. The van der Waals surface area contributed by atoms with Gasteiger partial charge in [-0.3, -0.25) is 9.59 Å². The molecule has 0 unspecified atom stereocenters. The Morgan fingerprint density at radius 2 is 1.96 bits per heavy atom.